The summed E-state index contributed by atoms with van der Waals surface area (Å²) in [6.07, 6.45) is 6.02. The summed E-state index contributed by atoms with van der Waals surface area (Å²) in [5.74, 6) is 0.376. The van der Waals surface area contributed by atoms with Crippen LogP contribution in [0.2, 0.25) is 0 Å². The third-order valence-corrected chi connectivity index (χ3v) is 4.44. The first-order chi connectivity index (χ1) is 12.6. The van der Waals surface area contributed by atoms with Crippen LogP contribution in [-0.4, -0.2) is 46.7 Å². The molecule has 0 bridgehead atoms. The first kappa shape index (κ1) is 18.0. The average Bonchev–Trinajstić information content (AvgIpc) is 3.31. The summed E-state index contributed by atoms with van der Waals surface area (Å²) in [6, 6.07) is 5.15. The molecule has 0 spiro atoms. The van der Waals surface area contributed by atoms with Crippen molar-refractivity contribution in [1.82, 2.24) is 14.7 Å². The van der Waals surface area contributed by atoms with Gasteiger partial charge in [-0.3, -0.25) is 14.3 Å². The van der Waals surface area contributed by atoms with Gasteiger partial charge in [0.05, 0.1) is 19.0 Å². The number of hydrogen-bond donors (Lipinski definition) is 1. The predicted molar refractivity (Wildman–Crippen MR) is 98.3 cm³/mol. The van der Waals surface area contributed by atoms with Gasteiger partial charge in [0, 0.05) is 37.8 Å². The molecule has 2 aromatic rings. The Morgan fingerprint density at radius 1 is 1.27 bits per heavy atom. The lowest BCUT2D eigenvalue weighted by atomic mass is 10.1. The maximum absolute atomic E-state index is 12.6. The van der Waals surface area contributed by atoms with Gasteiger partial charge in [-0.25, -0.2) is 0 Å². The van der Waals surface area contributed by atoms with Gasteiger partial charge in [0.25, 0.3) is 5.91 Å². The third kappa shape index (κ3) is 4.22. The number of carbonyl (C=O) groups excluding carboxylic acids is 2. The van der Waals surface area contributed by atoms with Crippen LogP contribution < -0.4 is 10.1 Å². The standard InChI is InChI=1S/C19H24N4O3/c1-14-12-20-23(13-14)10-7-18(24)21-16-11-15(5-6-17(16)26-2)19(25)22-8-3-4-9-22/h5-6,11-13H,3-4,7-10H2,1-2H3,(H,21,24). The maximum Gasteiger partial charge on any atom is 0.253 e. The van der Waals surface area contributed by atoms with E-state index in [2.05, 4.69) is 10.4 Å². The second kappa shape index (κ2) is 8.03. The number of rotatable bonds is 6. The van der Waals surface area contributed by atoms with Gasteiger partial charge >= 0.3 is 0 Å². The molecule has 26 heavy (non-hydrogen) atoms. The summed E-state index contributed by atoms with van der Waals surface area (Å²) in [5.41, 5.74) is 2.13. The molecule has 1 aromatic carbocycles. The minimum absolute atomic E-state index is 0.00679. The highest BCUT2D eigenvalue weighted by Gasteiger charge is 2.21. The normalized spacial score (nSPS) is 13.7. The number of aryl methyl sites for hydroxylation is 2. The minimum Gasteiger partial charge on any atom is -0.495 e. The molecular weight excluding hydrogens is 332 g/mol. The summed E-state index contributed by atoms with van der Waals surface area (Å²) in [5, 5.41) is 7.02. The molecule has 1 aromatic heterocycles. The Bertz CT molecular complexity index is 794. The summed E-state index contributed by atoms with van der Waals surface area (Å²) >= 11 is 0. The zero-order chi connectivity index (χ0) is 18.5. The molecule has 1 saturated heterocycles. The zero-order valence-electron chi connectivity index (χ0n) is 15.2. The SMILES string of the molecule is COc1ccc(C(=O)N2CCCC2)cc1NC(=O)CCn1cc(C)cn1. The van der Waals surface area contributed by atoms with Crippen LogP contribution in [0, 0.1) is 6.92 Å². The molecule has 0 radical (unpaired) electrons. The van der Waals surface area contributed by atoms with E-state index >= 15 is 0 Å². The number of nitrogens with zero attached hydrogens (tertiary/aromatic N) is 3. The van der Waals surface area contributed by atoms with E-state index in [1.165, 1.54) is 0 Å². The smallest absolute Gasteiger partial charge is 0.253 e. The van der Waals surface area contributed by atoms with Gasteiger partial charge in [-0.05, 0) is 43.5 Å². The van der Waals surface area contributed by atoms with E-state index in [1.54, 1.807) is 36.2 Å². The van der Waals surface area contributed by atoms with Crippen LogP contribution in [0.25, 0.3) is 0 Å². The van der Waals surface area contributed by atoms with Gasteiger partial charge in [0.1, 0.15) is 5.75 Å². The molecule has 0 unspecified atom stereocenters. The Labute approximate surface area is 152 Å². The number of anilines is 1. The highest BCUT2D eigenvalue weighted by atomic mass is 16.5. The number of hydrogen-bond acceptors (Lipinski definition) is 4. The summed E-state index contributed by atoms with van der Waals surface area (Å²) in [6.45, 7) is 4.03. The monoisotopic (exact) mass is 356 g/mol. The van der Waals surface area contributed by atoms with Crippen molar-refractivity contribution in [3.8, 4) is 5.75 Å². The summed E-state index contributed by atoms with van der Waals surface area (Å²) in [4.78, 5) is 26.7. The lowest BCUT2D eigenvalue weighted by Crippen LogP contribution is -2.27. The average molecular weight is 356 g/mol. The molecule has 1 N–H and O–H groups in total. The first-order valence-electron chi connectivity index (χ1n) is 8.83. The summed E-state index contributed by atoms with van der Waals surface area (Å²) in [7, 11) is 1.54. The van der Waals surface area contributed by atoms with E-state index < -0.39 is 0 Å². The van der Waals surface area contributed by atoms with Crippen LogP contribution in [0.5, 0.6) is 5.75 Å². The number of amides is 2. The van der Waals surface area contributed by atoms with E-state index in [0.29, 0.717) is 23.5 Å². The van der Waals surface area contributed by atoms with Gasteiger partial charge in [-0.15, -0.1) is 0 Å². The maximum atomic E-state index is 12.6. The van der Waals surface area contributed by atoms with Crippen molar-refractivity contribution in [3.63, 3.8) is 0 Å². The molecule has 0 saturated carbocycles. The minimum atomic E-state index is -0.151. The molecule has 138 valence electrons. The second-order valence-corrected chi connectivity index (χ2v) is 6.49. The lowest BCUT2D eigenvalue weighted by Gasteiger charge is -2.17. The Balaban J connectivity index is 1.67. The number of ether oxygens (including phenoxy) is 1. The van der Waals surface area contributed by atoms with Gasteiger partial charge in [-0.1, -0.05) is 0 Å². The van der Waals surface area contributed by atoms with E-state index in [1.807, 2.05) is 18.0 Å². The molecule has 7 nitrogen and oxygen atoms in total. The fourth-order valence-corrected chi connectivity index (χ4v) is 3.06. The number of aromatic nitrogens is 2. The van der Waals surface area contributed by atoms with Crippen LogP contribution in [0.3, 0.4) is 0 Å². The lowest BCUT2D eigenvalue weighted by molar-refractivity contribution is -0.116. The van der Waals surface area contributed by atoms with Gasteiger partial charge in [0.15, 0.2) is 0 Å². The highest BCUT2D eigenvalue weighted by molar-refractivity contribution is 5.98. The molecular formula is C19H24N4O3. The van der Waals surface area contributed by atoms with E-state index in [4.69, 9.17) is 4.74 Å². The molecule has 0 aliphatic carbocycles. The van der Waals surface area contributed by atoms with Crippen LogP contribution >= 0.6 is 0 Å². The van der Waals surface area contributed by atoms with Gasteiger partial charge < -0.3 is 15.0 Å². The zero-order valence-corrected chi connectivity index (χ0v) is 15.2. The quantitative estimate of drug-likeness (QED) is 0.863. The first-order valence-corrected chi connectivity index (χ1v) is 8.83. The van der Waals surface area contributed by atoms with E-state index in [9.17, 15) is 9.59 Å². The van der Waals surface area contributed by atoms with Crippen LogP contribution in [0.1, 0.15) is 35.2 Å². The molecule has 0 atom stereocenters. The molecule has 1 aliphatic heterocycles. The number of methoxy groups -OCH3 is 1. The van der Waals surface area contributed by atoms with Crippen molar-refractivity contribution in [3.05, 3.63) is 41.7 Å². The van der Waals surface area contributed by atoms with Crippen molar-refractivity contribution in [1.29, 1.82) is 0 Å². The van der Waals surface area contributed by atoms with Crippen molar-refractivity contribution < 1.29 is 14.3 Å². The van der Waals surface area contributed by atoms with Crippen molar-refractivity contribution in [2.45, 2.75) is 32.7 Å². The second-order valence-electron chi connectivity index (χ2n) is 6.49. The fourth-order valence-electron chi connectivity index (χ4n) is 3.06. The van der Waals surface area contributed by atoms with Crippen molar-refractivity contribution in [2.24, 2.45) is 0 Å². The number of nitrogens with one attached hydrogen (secondary N) is 1. The van der Waals surface area contributed by atoms with E-state index in [0.717, 1.165) is 31.5 Å². The Morgan fingerprint density at radius 3 is 2.69 bits per heavy atom. The van der Waals surface area contributed by atoms with Crippen LogP contribution in [0.4, 0.5) is 5.69 Å². The Hall–Kier alpha value is -2.83. The molecule has 3 rings (SSSR count). The fraction of sp³-hybridized carbons (Fsp3) is 0.421. The largest absolute Gasteiger partial charge is 0.495 e. The van der Waals surface area contributed by atoms with Crippen LogP contribution in [0.15, 0.2) is 30.6 Å². The molecule has 1 aliphatic rings. The summed E-state index contributed by atoms with van der Waals surface area (Å²) < 4.78 is 7.05. The number of likely N-dealkylation sites (tertiary alicyclic amines) is 1. The van der Waals surface area contributed by atoms with Gasteiger partial charge in [0.2, 0.25) is 5.91 Å². The molecule has 7 heteroatoms. The molecule has 1 fully saturated rings. The Morgan fingerprint density at radius 2 is 2.04 bits per heavy atom. The highest BCUT2D eigenvalue weighted by Crippen LogP contribution is 2.27. The van der Waals surface area contributed by atoms with E-state index in [-0.39, 0.29) is 18.2 Å². The van der Waals surface area contributed by atoms with Crippen molar-refractivity contribution >= 4 is 17.5 Å². The topological polar surface area (TPSA) is 76.5 Å². The number of benzene rings is 1. The van der Waals surface area contributed by atoms with Crippen LogP contribution in [-0.2, 0) is 11.3 Å². The van der Waals surface area contributed by atoms with Crippen molar-refractivity contribution in [2.75, 3.05) is 25.5 Å². The number of carbonyl (C=O) groups is 2. The Kier molecular flexibility index (Phi) is 5.55. The molecule has 2 heterocycles. The van der Waals surface area contributed by atoms with Gasteiger partial charge in [-0.2, -0.15) is 5.10 Å². The molecule has 2 amide bonds. The predicted octanol–water partition coefficient (Wildman–Crippen LogP) is 2.46. The third-order valence-electron chi connectivity index (χ3n) is 4.44.